The summed E-state index contributed by atoms with van der Waals surface area (Å²) in [6, 6.07) is 10.5. The van der Waals surface area contributed by atoms with E-state index in [2.05, 4.69) is 20.6 Å². The van der Waals surface area contributed by atoms with Gasteiger partial charge in [0, 0.05) is 23.9 Å². The van der Waals surface area contributed by atoms with Crippen LogP contribution in [0.1, 0.15) is 12.5 Å². The number of carbonyl (C=O) groups is 1. The maximum Gasteiger partial charge on any atom is 0.321 e. The van der Waals surface area contributed by atoms with Crippen LogP contribution in [0.3, 0.4) is 0 Å². The highest BCUT2D eigenvalue weighted by molar-refractivity contribution is 7.22. The molecule has 2 aromatic carbocycles. The number of nitrogens with zero attached hydrogens (tertiary/aromatic N) is 2. The second-order valence-corrected chi connectivity index (χ2v) is 7.65. The highest BCUT2D eigenvalue weighted by Crippen LogP contribution is 2.41. The van der Waals surface area contributed by atoms with Crippen molar-refractivity contribution in [2.45, 2.75) is 13.5 Å². The van der Waals surface area contributed by atoms with Crippen molar-refractivity contribution in [1.29, 1.82) is 0 Å². The minimum Gasteiger partial charge on any atom is -0.392 e. The first-order chi connectivity index (χ1) is 15.0. The topological polar surface area (TPSA) is 87.1 Å². The lowest BCUT2D eigenvalue weighted by atomic mass is 9.99. The molecule has 0 fully saturated rings. The number of fused-ring (bicyclic) bond motifs is 1. The summed E-state index contributed by atoms with van der Waals surface area (Å²) in [5.41, 5.74) is 1.89. The normalized spacial score (nSPS) is 11.0. The van der Waals surface area contributed by atoms with Gasteiger partial charge in [-0.05, 0) is 36.2 Å². The number of carbonyl (C=O) groups excluding carboxylic acids is 1. The Kier molecular flexibility index (Phi) is 5.88. The number of aromatic nitrogens is 2. The highest BCUT2D eigenvalue weighted by Gasteiger charge is 2.22. The number of pyridine rings is 1. The molecule has 0 bridgehead atoms. The molecule has 0 radical (unpaired) electrons. The molecule has 0 aliphatic carbocycles. The van der Waals surface area contributed by atoms with E-state index in [4.69, 9.17) is 0 Å². The lowest BCUT2D eigenvalue weighted by Crippen LogP contribution is -2.28. The van der Waals surface area contributed by atoms with Crippen LogP contribution in [0.2, 0.25) is 0 Å². The lowest BCUT2D eigenvalue weighted by molar-refractivity contribution is 0.252. The monoisotopic (exact) mass is 440 g/mol. The molecule has 0 atom stereocenters. The Balaban J connectivity index is 1.93. The Morgan fingerprint density at radius 1 is 1.16 bits per heavy atom. The molecule has 0 saturated heterocycles. The molecule has 2 amide bonds. The third-order valence-corrected chi connectivity index (χ3v) is 5.63. The van der Waals surface area contributed by atoms with Gasteiger partial charge in [0.15, 0.2) is 10.9 Å². The summed E-state index contributed by atoms with van der Waals surface area (Å²) in [7, 11) is 0. The predicted molar refractivity (Wildman–Crippen MR) is 117 cm³/mol. The van der Waals surface area contributed by atoms with Gasteiger partial charge >= 0.3 is 6.03 Å². The van der Waals surface area contributed by atoms with E-state index in [0.29, 0.717) is 27.9 Å². The molecule has 0 aliphatic heterocycles. The fraction of sp³-hybridized carbons (Fsp3) is 0.136. The van der Waals surface area contributed by atoms with Crippen LogP contribution in [-0.2, 0) is 6.61 Å². The van der Waals surface area contributed by atoms with Crippen LogP contribution in [0.15, 0.2) is 48.7 Å². The molecule has 158 valence electrons. The van der Waals surface area contributed by atoms with Crippen LogP contribution in [0.5, 0.6) is 0 Å². The number of halogens is 2. The summed E-state index contributed by atoms with van der Waals surface area (Å²) in [4.78, 5) is 20.3. The average Bonchev–Trinajstić information content (AvgIpc) is 3.19. The van der Waals surface area contributed by atoms with Gasteiger partial charge in [-0.3, -0.25) is 10.3 Å². The summed E-state index contributed by atoms with van der Waals surface area (Å²) in [6.07, 6.45) is 1.46. The van der Waals surface area contributed by atoms with E-state index in [1.807, 2.05) is 0 Å². The molecule has 0 spiro atoms. The number of benzene rings is 2. The summed E-state index contributed by atoms with van der Waals surface area (Å²) in [5, 5.41) is 14.6. The van der Waals surface area contributed by atoms with Gasteiger partial charge in [0.2, 0.25) is 0 Å². The zero-order valence-corrected chi connectivity index (χ0v) is 17.3. The Morgan fingerprint density at radius 2 is 1.94 bits per heavy atom. The maximum absolute atomic E-state index is 15.5. The Bertz CT molecular complexity index is 1260. The standard InChI is InChI=1S/C22H18F2N4O2S/c1-2-25-21(30)28-22-27-19-17(24)14(13-7-5-12(11-29)6-8-13)10-15(20(19)31-22)18-16(23)4-3-9-26-18/h3-10,29H,2,11H2,1H3,(H2,25,27,28,30). The van der Waals surface area contributed by atoms with Gasteiger partial charge in [0.25, 0.3) is 0 Å². The first-order valence-corrected chi connectivity index (χ1v) is 10.3. The van der Waals surface area contributed by atoms with Crippen molar-refractivity contribution < 1.29 is 18.7 Å². The van der Waals surface area contributed by atoms with E-state index in [9.17, 15) is 14.3 Å². The molecule has 31 heavy (non-hydrogen) atoms. The van der Waals surface area contributed by atoms with Crippen molar-refractivity contribution in [2.24, 2.45) is 0 Å². The molecule has 2 aromatic heterocycles. The van der Waals surface area contributed by atoms with Gasteiger partial charge in [-0.25, -0.2) is 18.6 Å². The highest BCUT2D eigenvalue weighted by atomic mass is 32.1. The third kappa shape index (κ3) is 4.10. The van der Waals surface area contributed by atoms with Crippen LogP contribution in [0.25, 0.3) is 32.6 Å². The maximum atomic E-state index is 15.5. The van der Waals surface area contributed by atoms with Crippen molar-refractivity contribution in [1.82, 2.24) is 15.3 Å². The van der Waals surface area contributed by atoms with Gasteiger partial charge in [-0.15, -0.1) is 0 Å². The number of anilines is 1. The molecule has 9 heteroatoms. The minimum absolute atomic E-state index is 0.0144. The number of urea groups is 1. The summed E-state index contributed by atoms with van der Waals surface area (Å²) < 4.78 is 30.4. The summed E-state index contributed by atoms with van der Waals surface area (Å²) in [5.74, 6) is -1.14. The Morgan fingerprint density at radius 3 is 2.61 bits per heavy atom. The van der Waals surface area contributed by atoms with E-state index >= 15 is 4.39 Å². The molecule has 0 saturated carbocycles. The molecule has 4 aromatic rings. The Hall–Kier alpha value is -3.43. The van der Waals surface area contributed by atoms with E-state index in [0.717, 1.165) is 11.3 Å². The smallest absolute Gasteiger partial charge is 0.321 e. The first-order valence-electron chi connectivity index (χ1n) is 9.50. The molecule has 2 heterocycles. The van der Waals surface area contributed by atoms with Crippen LogP contribution in [-0.4, -0.2) is 27.7 Å². The zero-order valence-electron chi connectivity index (χ0n) is 16.4. The number of hydrogen-bond donors (Lipinski definition) is 3. The summed E-state index contributed by atoms with van der Waals surface area (Å²) >= 11 is 1.04. The second-order valence-electron chi connectivity index (χ2n) is 6.66. The van der Waals surface area contributed by atoms with Crippen LogP contribution in [0.4, 0.5) is 18.7 Å². The lowest BCUT2D eigenvalue weighted by Gasteiger charge is -2.10. The fourth-order valence-electron chi connectivity index (χ4n) is 3.17. The molecule has 4 rings (SSSR count). The van der Waals surface area contributed by atoms with Crippen LogP contribution >= 0.6 is 11.3 Å². The zero-order chi connectivity index (χ0) is 22.0. The van der Waals surface area contributed by atoms with E-state index in [1.54, 1.807) is 31.2 Å². The number of thiazole rings is 1. The van der Waals surface area contributed by atoms with Gasteiger partial charge < -0.3 is 10.4 Å². The SMILES string of the molecule is CCNC(=O)Nc1nc2c(F)c(-c3ccc(CO)cc3)cc(-c3ncccc3F)c2s1. The van der Waals surface area contributed by atoms with Crippen molar-refractivity contribution in [3.63, 3.8) is 0 Å². The average molecular weight is 440 g/mol. The largest absolute Gasteiger partial charge is 0.392 e. The second kappa shape index (κ2) is 8.75. The quantitative estimate of drug-likeness (QED) is 0.410. The Labute approximate surface area is 180 Å². The van der Waals surface area contributed by atoms with E-state index in [1.165, 1.54) is 24.4 Å². The number of amides is 2. The van der Waals surface area contributed by atoms with Crippen LogP contribution in [0, 0.1) is 11.6 Å². The fourth-order valence-corrected chi connectivity index (χ4v) is 4.14. The molecule has 3 N–H and O–H groups in total. The van der Waals surface area contributed by atoms with Crippen molar-refractivity contribution >= 4 is 32.7 Å². The van der Waals surface area contributed by atoms with Gasteiger partial charge in [0.1, 0.15) is 17.0 Å². The van der Waals surface area contributed by atoms with Crippen molar-refractivity contribution in [3.8, 4) is 22.4 Å². The summed E-state index contributed by atoms with van der Waals surface area (Å²) in [6.45, 7) is 2.06. The molecule has 6 nitrogen and oxygen atoms in total. The van der Waals surface area contributed by atoms with Crippen molar-refractivity contribution in [2.75, 3.05) is 11.9 Å². The van der Waals surface area contributed by atoms with E-state index in [-0.39, 0.29) is 28.5 Å². The first kappa shape index (κ1) is 20.8. The third-order valence-electron chi connectivity index (χ3n) is 4.62. The predicted octanol–water partition coefficient (Wildman–Crippen LogP) is 4.94. The van der Waals surface area contributed by atoms with Crippen LogP contribution < -0.4 is 10.6 Å². The van der Waals surface area contributed by atoms with E-state index < -0.39 is 17.7 Å². The van der Waals surface area contributed by atoms with Gasteiger partial charge in [0.05, 0.1) is 11.3 Å². The van der Waals surface area contributed by atoms with Gasteiger partial charge in [-0.2, -0.15) is 0 Å². The number of nitrogens with one attached hydrogen (secondary N) is 2. The molecule has 0 unspecified atom stereocenters. The van der Waals surface area contributed by atoms with Crippen molar-refractivity contribution in [3.05, 3.63) is 65.9 Å². The molecular formula is C22H18F2N4O2S. The molecule has 0 aliphatic rings. The van der Waals surface area contributed by atoms with Gasteiger partial charge in [-0.1, -0.05) is 35.6 Å². The minimum atomic E-state index is -0.591. The number of aliphatic hydroxyl groups is 1. The number of hydrogen-bond acceptors (Lipinski definition) is 5. The number of rotatable bonds is 5. The molecular weight excluding hydrogens is 422 g/mol. The number of aliphatic hydroxyl groups excluding tert-OH is 1.